The molecule has 1 aliphatic rings. The van der Waals surface area contributed by atoms with Crippen molar-refractivity contribution in [3.8, 4) is 0 Å². The Morgan fingerprint density at radius 1 is 1.35 bits per heavy atom. The second kappa shape index (κ2) is 5.62. The lowest BCUT2D eigenvalue weighted by Crippen LogP contribution is -2.28. The molecule has 2 heterocycles. The van der Waals surface area contributed by atoms with Crippen LogP contribution >= 0.6 is 23.2 Å². The van der Waals surface area contributed by atoms with Crippen molar-refractivity contribution in [3.63, 3.8) is 0 Å². The molecule has 2 rings (SSSR count). The number of hydrogen-bond donors (Lipinski definition) is 2. The number of anilines is 1. The van der Waals surface area contributed by atoms with E-state index in [1.807, 2.05) is 0 Å². The molecule has 0 amide bonds. The van der Waals surface area contributed by atoms with Crippen molar-refractivity contribution < 1.29 is 4.74 Å². The molecule has 1 unspecified atom stereocenters. The molecule has 1 aromatic heterocycles. The number of nitrogens with one attached hydrogen (secondary N) is 2. The highest BCUT2D eigenvalue weighted by molar-refractivity contribution is 6.34. The monoisotopic (exact) mass is 274 g/mol. The van der Waals surface area contributed by atoms with E-state index < -0.39 is 0 Å². The summed E-state index contributed by atoms with van der Waals surface area (Å²) in [5.74, 6) is 0.442. The topological polar surface area (TPSA) is 70.9 Å². The summed E-state index contributed by atoms with van der Waals surface area (Å²) in [7, 11) is 0. The Hall–Kier alpha value is -0.910. The van der Waals surface area contributed by atoms with Crippen LogP contribution in [0.15, 0.2) is 0 Å². The Kier molecular flexibility index (Phi) is 4.15. The summed E-state index contributed by atoms with van der Waals surface area (Å²) < 4.78 is 5.53. The normalized spacial score (nSPS) is 20.0. The van der Waals surface area contributed by atoms with Crippen LogP contribution in [0.1, 0.15) is 24.8 Å². The molecule has 0 aromatic carbocycles. The first kappa shape index (κ1) is 12.5. The molecule has 2 N–H and O–H groups in total. The minimum Gasteiger partial charge on any atom is -0.359 e. The standard InChI is InChI=1S/C10H12Cl2N4O/c11-8-6(5-13)9(16-10(12)15-8)14-7-3-1-2-4-17-7/h5,7,13H,1-4H2,(H,14,15,16). The van der Waals surface area contributed by atoms with E-state index in [4.69, 9.17) is 33.3 Å². The molecule has 92 valence electrons. The number of ether oxygens (including phenoxy) is 1. The molecule has 1 fully saturated rings. The lowest BCUT2D eigenvalue weighted by Gasteiger charge is -2.24. The molecule has 1 aromatic rings. The molecule has 0 aliphatic carbocycles. The molecule has 1 aliphatic heterocycles. The van der Waals surface area contributed by atoms with Gasteiger partial charge in [-0.1, -0.05) is 11.6 Å². The van der Waals surface area contributed by atoms with Gasteiger partial charge in [0.05, 0.1) is 5.56 Å². The number of halogens is 2. The fraction of sp³-hybridized carbons (Fsp3) is 0.500. The molecule has 0 spiro atoms. The molecular weight excluding hydrogens is 263 g/mol. The third kappa shape index (κ3) is 3.06. The second-order valence-electron chi connectivity index (χ2n) is 3.69. The number of aromatic nitrogens is 2. The Labute approximate surface area is 109 Å². The highest BCUT2D eigenvalue weighted by atomic mass is 35.5. The quantitative estimate of drug-likeness (QED) is 0.505. The summed E-state index contributed by atoms with van der Waals surface area (Å²) in [6.45, 7) is 0.726. The van der Waals surface area contributed by atoms with Crippen LogP contribution in [0, 0.1) is 5.41 Å². The van der Waals surface area contributed by atoms with Gasteiger partial charge in [-0.2, -0.15) is 4.98 Å². The Balaban J connectivity index is 2.21. The maximum atomic E-state index is 7.30. The van der Waals surface area contributed by atoms with E-state index in [0.29, 0.717) is 11.4 Å². The Morgan fingerprint density at radius 3 is 2.82 bits per heavy atom. The van der Waals surface area contributed by atoms with Crippen molar-refractivity contribution in [2.24, 2.45) is 0 Å². The molecule has 7 heteroatoms. The molecular formula is C10H12Cl2N4O. The highest BCUT2D eigenvalue weighted by Gasteiger charge is 2.17. The number of nitrogens with zero attached hydrogens (tertiary/aromatic N) is 2. The van der Waals surface area contributed by atoms with Crippen LogP contribution in [0.3, 0.4) is 0 Å². The van der Waals surface area contributed by atoms with Gasteiger partial charge in [0.25, 0.3) is 0 Å². The number of rotatable bonds is 3. The summed E-state index contributed by atoms with van der Waals surface area (Å²) in [5, 5.41) is 10.6. The first-order valence-electron chi connectivity index (χ1n) is 5.32. The van der Waals surface area contributed by atoms with Gasteiger partial charge in [-0.3, -0.25) is 0 Å². The van der Waals surface area contributed by atoms with Crippen LogP contribution in [0.25, 0.3) is 0 Å². The highest BCUT2D eigenvalue weighted by Crippen LogP contribution is 2.23. The van der Waals surface area contributed by atoms with Gasteiger partial charge in [0.15, 0.2) is 0 Å². The summed E-state index contributed by atoms with van der Waals surface area (Å²) >= 11 is 11.6. The summed E-state index contributed by atoms with van der Waals surface area (Å²) in [6, 6.07) is 0. The van der Waals surface area contributed by atoms with E-state index in [1.165, 1.54) is 0 Å². The SMILES string of the molecule is N=Cc1c(Cl)nc(Cl)nc1NC1CCCCO1. The van der Waals surface area contributed by atoms with Crippen LogP contribution in [-0.2, 0) is 4.74 Å². The first-order chi connectivity index (χ1) is 8.20. The van der Waals surface area contributed by atoms with Crippen molar-refractivity contribution in [3.05, 3.63) is 16.0 Å². The van der Waals surface area contributed by atoms with Crippen molar-refractivity contribution in [1.29, 1.82) is 5.41 Å². The third-order valence-electron chi connectivity index (χ3n) is 2.49. The van der Waals surface area contributed by atoms with Crippen LogP contribution in [-0.4, -0.2) is 29.0 Å². The van der Waals surface area contributed by atoms with Crippen LogP contribution in [0.2, 0.25) is 10.4 Å². The average molecular weight is 275 g/mol. The zero-order chi connectivity index (χ0) is 12.3. The molecule has 0 saturated carbocycles. The van der Waals surface area contributed by atoms with Gasteiger partial charge in [-0.05, 0) is 30.9 Å². The van der Waals surface area contributed by atoms with Gasteiger partial charge < -0.3 is 15.5 Å². The van der Waals surface area contributed by atoms with E-state index in [-0.39, 0.29) is 16.7 Å². The van der Waals surface area contributed by atoms with E-state index in [0.717, 1.165) is 32.1 Å². The maximum Gasteiger partial charge on any atom is 0.225 e. The van der Waals surface area contributed by atoms with Crippen molar-refractivity contribution in [2.45, 2.75) is 25.5 Å². The predicted octanol–water partition coefficient (Wildman–Crippen LogP) is 2.72. The summed E-state index contributed by atoms with van der Waals surface area (Å²) in [5.41, 5.74) is 0.422. The smallest absolute Gasteiger partial charge is 0.225 e. The predicted molar refractivity (Wildman–Crippen MR) is 67.2 cm³/mol. The van der Waals surface area contributed by atoms with Crippen molar-refractivity contribution >= 4 is 35.2 Å². The van der Waals surface area contributed by atoms with Gasteiger partial charge in [-0.15, -0.1) is 0 Å². The minimum atomic E-state index is -0.107. The van der Waals surface area contributed by atoms with Crippen LogP contribution in [0.5, 0.6) is 0 Å². The molecule has 1 atom stereocenters. The van der Waals surface area contributed by atoms with Gasteiger partial charge in [-0.25, -0.2) is 4.98 Å². The van der Waals surface area contributed by atoms with E-state index >= 15 is 0 Å². The maximum absolute atomic E-state index is 7.30. The fourth-order valence-electron chi connectivity index (χ4n) is 1.66. The molecule has 0 bridgehead atoms. The Bertz CT molecular complexity index is 421. The summed E-state index contributed by atoms with van der Waals surface area (Å²) in [6.07, 6.45) is 4.07. The minimum absolute atomic E-state index is 0.0545. The zero-order valence-electron chi connectivity index (χ0n) is 9.04. The fourth-order valence-corrected chi connectivity index (χ4v) is 2.10. The van der Waals surface area contributed by atoms with Crippen molar-refractivity contribution in [2.75, 3.05) is 11.9 Å². The van der Waals surface area contributed by atoms with Gasteiger partial charge in [0.2, 0.25) is 5.28 Å². The third-order valence-corrected chi connectivity index (χ3v) is 2.95. The second-order valence-corrected chi connectivity index (χ2v) is 4.39. The van der Waals surface area contributed by atoms with Gasteiger partial charge in [0.1, 0.15) is 17.2 Å². The first-order valence-corrected chi connectivity index (χ1v) is 6.08. The largest absolute Gasteiger partial charge is 0.359 e. The number of hydrogen-bond acceptors (Lipinski definition) is 5. The average Bonchev–Trinajstić information content (AvgIpc) is 2.30. The van der Waals surface area contributed by atoms with E-state index in [2.05, 4.69) is 15.3 Å². The van der Waals surface area contributed by atoms with E-state index in [1.54, 1.807) is 0 Å². The van der Waals surface area contributed by atoms with E-state index in [9.17, 15) is 0 Å². The summed E-state index contributed by atoms with van der Waals surface area (Å²) in [4.78, 5) is 7.81. The zero-order valence-corrected chi connectivity index (χ0v) is 10.6. The lowest BCUT2D eigenvalue weighted by atomic mass is 10.2. The van der Waals surface area contributed by atoms with Gasteiger partial charge >= 0.3 is 0 Å². The van der Waals surface area contributed by atoms with Crippen LogP contribution < -0.4 is 5.32 Å². The lowest BCUT2D eigenvalue weighted by molar-refractivity contribution is 0.0341. The molecule has 1 saturated heterocycles. The molecule has 5 nitrogen and oxygen atoms in total. The van der Waals surface area contributed by atoms with Crippen molar-refractivity contribution in [1.82, 2.24) is 9.97 Å². The Morgan fingerprint density at radius 2 is 2.18 bits per heavy atom. The van der Waals surface area contributed by atoms with Crippen LogP contribution in [0.4, 0.5) is 5.82 Å². The molecule has 0 radical (unpaired) electrons. The molecule has 17 heavy (non-hydrogen) atoms. The van der Waals surface area contributed by atoms with Gasteiger partial charge in [0, 0.05) is 12.8 Å².